The van der Waals surface area contributed by atoms with Gasteiger partial charge in [-0.2, -0.15) is 5.10 Å². The van der Waals surface area contributed by atoms with Crippen molar-refractivity contribution in [1.82, 2.24) is 4.90 Å². The number of amides is 1. The Morgan fingerprint density at radius 3 is 2.36 bits per heavy atom. The van der Waals surface area contributed by atoms with Gasteiger partial charge >= 0.3 is 0 Å². The summed E-state index contributed by atoms with van der Waals surface area (Å²) in [4.78, 5) is 27.2. The third-order valence-electron chi connectivity index (χ3n) is 4.35. The lowest BCUT2D eigenvalue weighted by Gasteiger charge is -2.24. The summed E-state index contributed by atoms with van der Waals surface area (Å²) in [7, 11) is 0. The maximum atomic E-state index is 12.8. The van der Waals surface area contributed by atoms with Crippen LogP contribution in [-0.2, 0) is 0 Å². The zero-order valence-corrected chi connectivity index (χ0v) is 13.6. The molecule has 0 aliphatic carbocycles. The van der Waals surface area contributed by atoms with E-state index < -0.39 is 6.04 Å². The first-order valence-corrected chi connectivity index (χ1v) is 8.07. The Morgan fingerprint density at radius 2 is 1.72 bits per heavy atom. The minimum absolute atomic E-state index is 0.0993. The number of hydrazone groups is 1. The van der Waals surface area contributed by atoms with Crippen molar-refractivity contribution in [1.29, 1.82) is 0 Å². The molecule has 0 saturated carbocycles. The van der Waals surface area contributed by atoms with Gasteiger partial charge in [0, 0.05) is 17.7 Å². The number of hydrogen-bond donors (Lipinski definition) is 2. The number of rotatable bonds is 4. The number of likely N-dealkylation sites (tertiary alicyclic amines) is 1. The smallest absolute Gasteiger partial charge is 0.254 e. The number of benzene rings is 2. The Bertz CT molecular complexity index is 798. The molecule has 3 N–H and O–H groups in total. The van der Waals surface area contributed by atoms with E-state index in [4.69, 9.17) is 5.84 Å². The van der Waals surface area contributed by atoms with Crippen LogP contribution in [0.15, 0.2) is 53.6 Å². The Hall–Kier alpha value is -3.15. The molecule has 1 atom stereocenters. The molecule has 1 amide bonds. The lowest BCUT2D eigenvalue weighted by atomic mass is 10.0. The van der Waals surface area contributed by atoms with Crippen molar-refractivity contribution in [2.75, 3.05) is 6.54 Å². The summed E-state index contributed by atoms with van der Waals surface area (Å²) in [5.74, 6) is 4.96. The van der Waals surface area contributed by atoms with Crippen LogP contribution >= 0.6 is 0 Å². The van der Waals surface area contributed by atoms with Gasteiger partial charge in [0.1, 0.15) is 5.75 Å². The highest BCUT2D eigenvalue weighted by Crippen LogP contribution is 2.24. The number of nitrogens with two attached hydrogens (primary N) is 1. The monoisotopic (exact) mass is 337 g/mol. The highest BCUT2D eigenvalue weighted by Gasteiger charge is 2.34. The van der Waals surface area contributed by atoms with Gasteiger partial charge in [-0.05, 0) is 54.8 Å². The zero-order valence-electron chi connectivity index (χ0n) is 13.6. The van der Waals surface area contributed by atoms with E-state index in [1.54, 1.807) is 41.3 Å². The summed E-state index contributed by atoms with van der Waals surface area (Å²) in [6.07, 6.45) is 2.93. The van der Waals surface area contributed by atoms with Crippen molar-refractivity contribution in [2.45, 2.75) is 18.9 Å². The van der Waals surface area contributed by atoms with Crippen molar-refractivity contribution < 1.29 is 14.7 Å². The average Bonchev–Trinajstić information content (AvgIpc) is 3.12. The van der Waals surface area contributed by atoms with E-state index in [2.05, 4.69) is 5.10 Å². The molecular formula is C19H19N3O3. The first-order valence-electron chi connectivity index (χ1n) is 8.07. The minimum Gasteiger partial charge on any atom is -0.508 e. The molecule has 0 bridgehead atoms. The standard InChI is InChI=1S/C19H19N3O3/c20-21-12-13-3-5-15(6-4-13)19(25)22-11-1-2-17(22)18(24)14-7-9-16(23)10-8-14/h3-10,12,17,23H,1-2,11,20H2/b21-12+/t17-/m1/s1. The van der Waals surface area contributed by atoms with Crippen molar-refractivity contribution >= 4 is 17.9 Å². The first-order chi connectivity index (χ1) is 12.1. The van der Waals surface area contributed by atoms with Crippen molar-refractivity contribution in [3.8, 4) is 5.75 Å². The van der Waals surface area contributed by atoms with E-state index >= 15 is 0 Å². The molecule has 1 heterocycles. The van der Waals surface area contributed by atoms with Gasteiger partial charge in [0.05, 0.1) is 12.3 Å². The van der Waals surface area contributed by atoms with E-state index in [0.717, 1.165) is 12.0 Å². The summed E-state index contributed by atoms with van der Waals surface area (Å²) >= 11 is 0. The van der Waals surface area contributed by atoms with Gasteiger partial charge in [-0.3, -0.25) is 9.59 Å². The molecule has 25 heavy (non-hydrogen) atoms. The molecule has 0 aromatic heterocycles. The molecule has 1 aliphatic rings. The van der Waals surface area contributed by atoms with Crippen LogP contribution in [0.2, 0.25) is 0 Å². The lowest BCUT2D eigenvalue weighted by molar-refractivity contribution is 0.0671. The molecule has 6 heteroatoms. The number of carbonyl (C=O) groups is 2. The van der Waals surface area contributed by atoms with Crippen LogP contribution < -0.4 is 5.84 Å². The van der Waals surface area contributed by atoms with E-state index in [1.807, 2.05) is 0 Å². The zero-order chi connectivity index (χ0) is 17.8. The van der Waals surface area contributed by atoms with Gasteiger partial charge < -0.3 is 15.8 Å². The number of carbonyl (C=O) groups excluding carboxylic acids is 2. The van der Waals surface area contributed by atoms with Gasteiger partial charge in [-0.25, -0.2) is 0 Å². The summed E-state index contributed by atoms with van der Waals surface area (Å²) in [5.41, 5.74) is 1.83. The molecule has 6 nitrogen and oxygen atoms in total. The molecule has 2 aromatic rings. The second-order valence-electron chi connectivity index (χ2n) is 5.97. The molecule has 0 radical (unpaired) electrons. The van der Waals surface area contributed by atoms with Crippen molar-refractivity contribution in [3.63, 3.8) is 0 Å². The number of ketones is 1. The lowest BCUT2D eigenvalue weighted by Crippen LogP contribution is -2.40. The van der Waals surface area contributed by atoms with Gasteiger partial charge in [-0.15, -0.1) is 0 Å². The SMILES string of the molecule is N/N=C/c1ccc(C(=O)N2CCC[C@@H]2C(=O)c2ccc(O)cc2)cc1. The highest BCUT2D eigenvalue weighted by atomic mass is 16.3. The fourth-order valence-electron chi connectivity index (χ4n) is 3.06. The predicted molar refractivity (Wildman–Crippen MR) is 94.7 cm³/mol. The Morgan fingerprint density at radius 1 is 1.08 bits per heavy atom. The van der Waals surface area contributed by atoms with Gasteiger partial charge in [0.25, 0.3) is 5.91 Å². The van der Waals surface area contributed by atoms with E-state index in [0.29, 0.717) is 24.1 Å². The van der Waals surface area contributed by atoms with Gasteiger partial charge in [0.15, 0.2) is 5.78 Å². The van der Waals surface area contributed by atoms with Crippen LogP contribution in [-0.4, -0.2) is 40.5 Å². The third-order valence-corrected chi connectivity index (χ3v) is 4.35. The number of phenolic OH excluding ortho intramolecular Hbond substituents is 1. The maximum Gasteiger partial charge on any atom is 0.254 e. The summed E-state index contributed by atoms with van der Waals surface area (Å²) in [6, 6.07) is 12.6. The number of nitrogens with zero attached hydrogens (tertiary/aromatic N) is 2. The molecule has 1 fully saturated rings. The number of Topliss-reactive ketones (excluding diaryl/α,β-unsaturated/α-hetero) is 1. The van der Waals surface area contributed by atoms with Crippen molar-refractivity contribution in [2.24, 2.45) is 10.9 Å². The quantitative estimate of drug-likeness (QED) is 0.387. The fraction of sp³-hybridized carbons (Fsp3) is 0.211. The number of phenols is 1. The molecule has 2 aromatic carbocycles. The van der Waals surface area contributed by atoms with Crippen LogP contribution in [0, 0.1) is 0 Å². The third kappa shape index (κ3) is 3.52. The van der Waals surface area contributed by atoms with Crippen LogP contribution in [0.1, 0.15) is 39.1 Å². The molecule has 3 rings (SSSR count). The van der Waals surface area contributed by atoms with Crippen LogP contribution in [0.25, 0.3) is 0 Å². The van der Waals surface area contributed by atoms with Crippen molar-refractivity contribution in [3.05, 3.63) is 65.2 Å². The average molecular weight is 337 g/mol. The van der Waals surface area contributed by atoms with E-state index in [9.17, 15) is 14.7 Å². The van der Waals surface area contributed by atoms with Crippen LogP contribution in [0.4, 0.5) is 0 Å². The van der Waals surface area contributed by atoms with E-state index in [1.165, 1.54) is 18.3 Å². The van der Waals surface area contributed by atoms with E-state index in [-0.39, 0.29) is 17.4 Å². The Balaban J connectivity index is 1.79. The van der Waals surface area contributed by atoms with Crippen LogP contribution in [0.3, 0.4) is 0 Å². The first kappa shape index (κ1) is 16.7. The normalized spacial score (nSPS) is 17.1. The minimum atomic E-state index is -0.470. The second-order valence-corrected chi connectivity index (χ2v) is 5.97. The van der Waals surface area contributed by atoms with Gasteiger partial charge in [-0.1, -0.05) is 12.1 Å². The number of hydrogen-bond acceptors (Lipinski definition) is 5. The molecule has 1 saturated heterocycles. The Kier molecular flexibility index (Phi) is 4.79. The summed E-state index contributed by atoms with van der Waals surface area (Å²) < 4.78 is 0. The summed E-state index contributed by atoms with van der Waals surface area (Å²) in [5, 5.41) is 12.8. The van der Waals surface area contributed by atoms with Gasteiger partial charge in [0.2, 0.25) is 0 Å². The second kappa shape index (κ2) is 7.17. The summed E-state index contributed by atoms with van der Waals surface area (Å²) in [6.45, 7) is 0.555. The molecule has 0 unspecified atom stereocenters. The largest absolute Gasteiger partial charge is 0.508 e. The molecule has 1 aliphatic heterocycles. The molecule has 128 valence electrons. The highest BCUT2D eigenvalue weighted by molar-refractivity contribution is 6.04. The predicted octanol–water partition coefficient (Wildman–Crippen LogP) is 2.17. The molecule has 0 spiro atoms. The fourth-order valence-corrected chi connectivity index (χ4v) is 3.06. The molecular weight excluding hydrogens is 318 g/mol. The Labute approximate surface area is 145 Å². The van der Waals surface area contributed by atoms with Crippen LogP contribution in [0.5, 0.6) is 5.75 Å². The maximum absolute atomic E-state index is 12.8. The number of aromatic hydroxyl groups is 1. The topological polar surface area (TPSA) is 96.0 Å².